The molecule has 0 saturated carbocycles. The molecule has 0 fully saturated rings. The Labute approximate surface area is 252 Å². The summed E-state index contributed by atoms with van der Waals surface area (Å²) in [6, 6.07) is 8.29. The number of thioether (sulfide) groups is 2. The van der Waals surface area contributed by atoms with Gasteiger partial charge in [0, 0.05) is 20.9 Å². The van der Waals surface area contributed by atoms with Crippen molar-refractivity contribution in [3.63, 3.8) is 0 Å². The van der Waals surface area contributed by atoms with E-state index < -0.39 is 8.32 Å². The molecule has 9 heteroatoms. The Bertz CT molecular complexity index is 1180. The number of esters is 1. The maximum absolute atomic E-state index is 12.6. The zero-order valence-corrected chi connectivity index (χ0v) is 28.0. The molecule has 1 aliphatic carbocycles. The smallest absolute Gasteiger partial charge is 0.315 e. The van der Waals surface area contributed by atoms with Gasteiger partial charge in [0.15, 0.2) is 14.1 Å². The highest BCUT2D eigenvalue weighted by atomic mass is 35.5. The van der Waals surface area contributed by atoms with Gasteiger partial charge in [0.1, 0.15) is 0 Å². The predicted molar refractivity (Wildman–Crippen MR) is 174 cm³/mol. The molecule has 0 radical (unpaired) electrons. The van der Waals surface area contributed by atoms with Crippen molar-refractivity contribution >= 4 is 76.6 Å². The zero-order valence-electron chi connectivity index (χ0n) is 23.8. The number of rotatable bonds is 14. The van der Waals surface area contributed by atoms with E-state index in [-0.39, 0.29) is 34.1 Å². The van der Waals surface area contributed by atoms with Crippen LogP contribution in [0.15, 0.2) is 48.6 Å². The first kappa shape index (κ1) is 32.5. The maximum Gasteiger partial charge on any atom is 0.315 e. The van der Waals surface area contributed by atoms with Crippen LogP contribution in [0, 0.1) is 5.92 Å². The van der Waals surface area contributed by atoms with E-state index in [0.717, 1.165) is 41.2 Å². The Morgan fingerprint density at radius 1 is 1.23 bits per heavy atom. The largest absolute Gasteiger partial charge is 0.468 e. The summed E-state index contributed by atoms with van der Waals surface area (Å²) in [4.78, 5) is 25.1. The van der Waals surface area contributed by atoms with Gasteiger partial charge in [-0.05, 0) is 61.0 Å². The van der Waals surface area contributed by atoms with E-state index in [2.05, 4.69) is 69.0 Å². The number of carbonyl (C=O) groups is 2. The lowest BCUT2D eigenvalue weighted by Crippen LogP contribution is -2.43. The monoisotopic (exact) mass is 624 g/mol. The van der Waals surface area contributed by atoms with Crippen molar-refractivity contribution in [2.75, 3.05) is 24.4 Å². The van der Waals surface area contributed by atoms with Crippen molar-refractivity contribution in [2.45, 2.75) is 69.5 Å². The topological polar surface area (TPSA) is 52.6 Å². The number of hydrogen-bond acceptors (Lipinski definition) is 7. The molecule has 0 spiro atoms. The van der Waals surface area contributed by atoms with Gasteiger partial charge in [-0.1, -0.05) is 68.8 Å². The molecular weight excluding hydrogens is 584 g/mol. The van der Waals surface area contributed by atoms with Crippen LogP contribution in [0.2, 0.25) is 23.2 Å². The fourth-order valence-corrected chi connectivity index (χ4v) is 9.06. The number of allylic oxidation sites excluding steroid dienone is 3. The van der Waals surface area contributed by atoms with Crippen LogP contribution in [0.25, 0.3) is 10.1 Å². The van der Waals surface area contributed by atoms with Gasteiger partial charge >= 0.3 is 5.97 Å². The van der Waals surface area contributed by atoms with E-state index >= 15 is 0 Å². The normalized spacial score (nSPS) is 18.9. The quantitative estimate of drug-likeness (QED) is 0.0908. The molecular formula is C30H41ClO4S3Si. The zero-order chi connectivity index (χ0) is 28.6. The van der Waals surface area contributed by atoms with Gasteiger partial charge < -0.3 is 9.16 Å². The van der Waals surface area contributed by atoms with Crippen LogP contribution in [0.3, 0.4) is 0 Å². The van der Waals surface area contributed by atoms with E-state index in [9.17, 15) is 9.59 Å². The van der Waals surface area contributed by atoms with E-state index in [1.165, 1.54) is 16.7 Å². The maximum atomic E-state index is 12.6. The van der Waals surface area contributed by atoms with Crippen LogP contribution < -0.4 is 0 Å². The van der Waals surface area contributed by atoms with Crippen LogP contribution >= 0.6 is 46.5 Å². The number of hydrogen-bond donors (Lipinski definition) is 0. The third-order valence-electron chi connectivity index (χ3n) is 7.35. The Kier molecular flexibility index (Phi) is 12.3. The molecule has 1 aliphatic rings. The number of methoxy groups -OCH3 is 1. The fraction of sp³-hybridized carbons (Fsp3) is 0.533. The van der Waals surface area contributed by atoms with Crippen LogP contribution in [0.4, 0.5) is 0 Å². The van der Waals surface area contributed by atoms with Crippen LogP contribution in [-0.2, 0) is 25.2 Å². The molecule has 214 valence electrons. The summed E-state index contributed by atoms with van der Waals surface area (Å²) >= 11 is 11.8. The first-order valence-electron chi connectivity index (χ1n) is 13.4. The number of benzene rings is 1. The van der Waals surface area contributed by atoms with Gasteiger partial charge in [0.05, 0.1) is 29.2 Å². The lowest BCUT2D eigenvalue weighted by atomic mass is 10.1. The summed E-state index contributed by atoms with van der Waals surface area (Å²) < 4.78 is 12.8. The molecule has 0 amide bonds. The molecule has 0 bridgehead atoms. The summed E-state index contributed by atoms with van der Waals surface area (Å²) in [5, 5.41) is 1.98. The second kappa shape index (κ2) is 14.7. The Morgan fingerprint density at radius 3 is 2.67 bits per heavy atom. The standard InChI is InChI=1S/C30H41ClO4S3Si/c1-30(2,3)39(5,6)35-22(15-17-26-28(31)23-10-7-8-11-25(23)38-26)14-12-21-13-16-24(32)29(21)37-19-9-18-36-20-27(33)34-4/h7-8,10-14,16,21-22,29H,9,15,17-20H2,1-6H3/t21?,22?,29-/m1/s1. The molecule has 2 aromatic rings. The first-order valence-corrected chi connectivity index (χ1v) is 19.7. The molecule has 1 aromatic carbocycles. The van der Waals surface area contributed by atoms with Gasteiger partial charge in [-0.3, -0.25) is 9.59 Å². The minimum Gasteiger partial charge on any atom is -0.468 e. The van der Waals surface area contributed by atoms with E-state index in [1.807, 2.05) is 12.1 Å². The molecule has 0 aliphatic heterocycles. The van der Waals surface area contributed by atoms with Gasteiger partial charge in [-0.25, -0.2) is 0 Å². The summed E-state index contributed by atoms with van der Waals surface area (Å²) in [6.07, 6.45) is 10.7. The lowest BCUT2D eigenvalue weighted by molar-refractivity contribution is -0.137. The fourth-order valence-electron chi connectivity index (χ4n) is 4.04. The molecule has 3 rings (SSSR count). The average molecular weight is 625 g/mol. The average Bonchev–Trinajstić information content (AvgIpc) is 3.40. The molecule has 39 heavy (non-hydrogen) atoms. The van der Waals surface area contributed by atoms with Gasteiger partial charge in [0.2, 0.25) is 0 Å². The SMILES string of the molecule is COC(=O)CSCCCS[C@H]1C(=O)C=CC1C=CC(CCc1sc2ccccc2c1Cl)O[Si](C)(C)C(C)(C)C. The van der Waals surface area contributed by atoms with Crippen molar-refractivity contribution in [3.8, 4) is 0 Å². The molecule has 1 aromatic heterocycles. The molecule has 0 saturated heterocycles. The molecule has 1 heterocycles. The number of aryl methyl sites for hydroxylation is 1. The van der Waals surface area contributed by atoms with Crippen molar-refractivity contribution in [2.24, 2.45) is 5.92 Å². The number of ketones is 1. The Hall–Kier alpha value is -1.03. The van der Waals surface area contributed by atoms with Crippen LogP contribution in [0.5, 0.6) is 0 Å². The summed E-state index contributed by atoms with van der Waals surface area (Å²) in [5.41, 5.74) is 0. The summed E-state index contributed by atoms with van der Waals surface area (Å²) in [7, 11) is -0.601. The summed E-state index contributed by atoms with van der Waals surface area (Å²) in [5.74, 6) is 2.17. The highest BCUT2D eigenvalue weighted by molar-refractivity contribution is 8.01. The predicted octanol–water partition coefficient (Wildman–Crippen LogP) is 8.59. The molecule has 0 N–H and O–H groups in total. The van der Waals surface area contributed by atoms with Crippen molar-refractivity contribution in [1.29, 1.82) is 0 Å². The van der Waals surface area contributed by atoms with Crippen LogP contribution in [-0.4, -0.2) is 55.8 Å². The number of halogens is 1. The highest BCUT2D eigenvalue weighted by Crippen LogP contribution is 2.40. The van der Waals surface area contributed by atoms with E-state index in [1.54, 1.807) is 40.9 Å². The van der Waals surface area contributed by atoms with Gasteiger partial charge in [-0.15, -0.1) is 23.1 Å². The lowest BCUT2D eigenvalue weighted by Gasteiger charge is -2.38. The van der Waals surface area contributed by atoms with E-state index in [4.69, 9.17) is 16.0 Å². The number of fused-ring (bicyclic) bond motifs is 1. The molecule has 2 unspecified atom stereocenters. The van der Waals surface area contributed by atoms with Crippen molar-refractivity contribution in [1.82, 2.24) is 0 Å². The van der Waals surface area contributed by atoms with Crippen molar-refractivity contribution in [3.05, 3.63) is 58.5 Å². The number of carbonyl (C=O) groups excluding carboxylic acids is 2. The molecule has 4 nitrogen and oxygen atoms in total. The first-order chi connectivity index (χ1) is 18.4. The Balaban J connectivity index is 1.65. The minimum absolute atomic E-state index is 0.0448. The van der Waals surface area contributed by atoms with E-state index in [0.29, 0.717) is 5.75 Å². The minimum atomic E-state index is -2.01. The highest BCUT2D eigenvalue weighted by Gasteiger charge is 2.39. The Morgan fingerprint density at radius 2 is 1.97 bits per heavy atom. The van der Waals surface area contributed by atoms with Crippen molar-refractivity contribution < 1.29 is 18.8 Å². The second-order valence-electron chi connectivity index (χ2n) is 11.3. The van der Waals surface area contributed by atoms with Gasteiger partial charge in [-0.2, -0.15) is 11.8 Å². The van der Waals surface area contributed by atoms with Gasteiger partial charge in [0.25, 0.3) is 0 Å². The number of ether oxygens (including phenoxy) is 1. The third-order valence-corrected chi connectivity index (χ3v) is 16.1. The third kappa shape index (κ3) is 9.23. The summed E-state index contributed by atoms with van der Waals surface area (Å²) in [6.45, 7) is 11.4. The molecule has 3 atom stereocenters. The van der Waals surface area contributed by atoms with Crippen LogP contribution in [0.1, 0.15) is 38.5 Å². The number of thiophene rings is 1. The second-order valence-corrected chi connectivity index (χ2v) is 19.9.